The molecule has 0 aromatic heterocycles. The monoisotopic (exact) mass is 271 g/mol. The Bertz CT molecular complexity index is 386. The fourth-order valence-electron chi connectivity index (χ4n) is 1.25. The van der Waals surface area contributed by atoms with Gasteiger partial charge in [0.25, 0.3) is 0 Å². The molecule has 0 spiro atoms. The molecule has 0 heterocycles. The third-order valence-corrected chi connectivity index (χ3v) is 6.18. The van der Waals surface area contributed by atoms with Crippen LogP contribution in [0.2, 0.25) is 0 Å². The molecule has 16 heavy (non-hydrogen) atoms. The maximum atomic E-state index is 11.5. The van der Waals surface area contributed by atoms with Crippen molar-refractivity contribution in [2.45, 2.75) is 20.3 Å². The minimum absolute atomic E-state index is 0.0366. The zero-order chi connectivity index (χ0) is 12.8. The highest BCUT2D eigenvalue weighted by molar-refractivity contribution is 7.95. The van der Waals surface area contributed by atoms with E-state index in [2.05, 4.69) is 0 Å². The molecule has 1 unspecified atom stereocenters. The van der Waals surface area contributed by atoms with Crippen molar-refractivity contribution in [1.82, 2.24) is 0 Å². The maximum Gasteiger partial charge on any atom is 0.151 e. The average molecular weight is 271 g/mol. The van der Waals surface area contributed by atoms with Gasteiger partial charge >= 0.3 is 0 Å². The number of rotatable bonds is 8. The Labute approximate surface area is 98.2 Å². The predicted molar refractivity (Wildman–Crippen MR) is 65.8 cm³/mol. The van der Waals surface area contributed by atoms with E-state index >= 15 is 0 Å². The SMILES string of the molecule is CCCS(=O)(=O)CCS(=O)(=O)CC(C)CN. The van der Waals surface area contributed by atoms with Crippen LogP contribution in [0.1, 0.15) is 20.3 Å². The second kappa shape index (κ2) is 6.56. The Morgan fingerprint density at radius 3 is 1.94 bits per heavy atom. The zero-order valence-corrected chi connectivity index (χ0v) is 11.5. The van der Waals surface area contributed by atoms with Crippen LogP contribution in [0.3, 0.4) is 0 Å². The summed E-state index contributed by atoms with van der Waals surface area (Å²) in [6.45, 7) is 3.78. The second-order valence-corrected chi connectivity index (χ2v) is 8.64. The minimum Gasteiger partial charge on any atom is -0.330 e. The van der Waals surface area contributed by atoms with E-state index in [0.29, 0.717) is 13.0 Å². The molecule has 0 aliphatic heterocycles. The molecule has 0 aliphatic carbocycles. The molecule has 1 atom stereocenters. The Balaban J connectivity index is 4.30. The molecule has 0 fully saturated rings. The quantitative estimate of drug-likeness (QED) is 0.661. The van der Waals surface area contributed by atoms with Crippen molar-refractivity contribution in [2.24, 2.45) is 11.7 Å². The van der Waals surface area contributed by atoms with Gasteiger partial charge in [0.1, 0.15) is 0 Å². The third-order valence-electron chi connectivity index (χ3n) is 2.16. The van der Waals surface area contributed by atoms with E-state index in [1.807, 2.05) is 0 Å². The van der Waals surface area contributed by atoms with Crippen LogP contribution in [0, 0.1) is 5.92 Å². The van der Waals surface area contributed by atoms with E-state index in [9.17, 15) is 16.8 Å². The summed E-state index contributed by atoms with van der Waals surface area (Å²) in [5.41, 5.74) is 5.33. The van der Waals surface area contributed by atoms with E-state index in [1.54, 1.807) is 13.8 Å². The molecule has 0 radical (unpaired) electrons. The van der Waals surface area contributed by atoms with Gasteiger partial charge in [-0.2, -0.15) is 0 Å². The van der Waals surface area contributed by atoms with E-state index in [-0.39, 0.29) is 28.9 Å². The lowest BCUT2D eigenvalue weighted by Crippen LogP contribution is -2.26. The Morgan fingerprint density at radius 1 is 1.00 bits per heavy atom. The Kier molecular flexibility index (Phi) is 6.50. The first-order valence-electron chi connectivity index (χ1n) is 5.33. The molecule has 0 amide bonds. The lowest BCUT2D eigenvalue weighted by atomic mass is 10.2. The van der Waals surface area contributed by atoms with Gasteiger partial charge < -0.3 is 5.73 Å². The number of sulfone groups is 2. The van der Waals surface area contributed by atoms with Crippen molar-refractivity contribution in [3.63, 3.8) is 0 Å². The first-order chi connectivity index (χ1) is 7.22. The standard InChI is InChI=1S/C9H21NO4S2/c1-3-4-15(11,12)5-6-16(13,14)8-9(2)7-10/h9H,3-8,10H2,1-2H3. The second-order valence-electron chi connectivity index (χ2n) is 4.11. The van der Waals surface area contributed by atoms with Crippen LogP contribution >= 0.6 is 0 Å². The number of nitrogens with two attached hydrogens (primary N) is 1. The van der Waals surface area contributed by atoms with Gasteiger partial charge in [-0.1, -0.05) is 13.8 Å². The van der Waals surface area contributed by atoms with Gasteiger partial charge in [0.15, 0.2) is 19.7 Å². The lowest BCUT2D eigenvalue weighted by Gasteiger charge is -2.09. The summed E-state index contributed by atoms with van der Waals surface area (Å²) in [5, 5.41) is 0. The van der Waals surface area contributed by atoms with Crippen molar-refractivity contribution in [1.29, 1.82) is 0 Å². The van der Waals surface area contributed by atoms with Crippen LogP contribution in [0.15, 0.2) is 0 Å². The van der Waals surface area contributed by atoms with E-state index in [0.717, 1.165) is 0 Å². The first-order valence-corrected chi connectivity index (χ1v) is 8.97. The molecule has 0 aromatic rings. The molecule has 0 saturated heterocycles. The molecule has 0 aromatic carbocycles. The molecular formula is C9H21NO4S2. The highest BCUT2D eigenvalue weighted by Crippen LogP contribution is 2.03. The van der Waals surface area contributed by atoms with Gasteiger partial charge in [-0.25, -0.2) is 16.8 Å². The Hall–Kier alpha value is -0.140. The van der Waals surface area contributed by atoms with Gasteiger partial charge in [-0.05, 0) is 18.9 Å². The van der Waals surface area contributed by atoms with Gasteiger partial charge in [-0.15, -0.1) is 0 Å². The van der Waals surface area contributed by atoms with Crippen LogP contribution in [-0.4, -0.2) is 46.4 Å². The minimum atomic E-state index is -3.30. The van der Waals surface area contributed by atoms with Crippen LogP contribution in [0.25, 0.3) is 0 Å². The summed E-state index contributed by atoms with van der Waals surface area (Å²) in [5.74, 6) is -0.681. The van der Waals surface area contributed by atoms with Crippen molar-refractivity contribution >= 4 is 19.7 Å². The van der Waals surface area contributed by atoms with Crippen molar-refractivity contribution in [2.75, 3.05) is 29.6 Å². The van der Waals surface area contributed by atoms with Crippen molar-refractivity contribution < 1.29 is 16.8 Å². The molecular weight excluding hydrogens is 250 g/mol. The van der Waals surface area contributed by atoms with Crippen LogP contribution < -0.4 is 5.73 Å². The summed E-state index contributed by atoms with van der Waals surface area (Å²) in [7, 11) is -6.52. The van der Waals surface area contributed by atoms with Gasteiger partial charge in [0.05, 0.1) is 17.3 Å². The lowest BCUT2D eigenvalue weighted by molar-refractivity contribution is 0.571. The zero-order valence-electron chi connectivity index (χ0n) is 9.85. The fourth-order valence-corrected chi connectivity index (χ4v) is 5.28. The molecule has 0 saturated carbocycles. The number of hydrogen-bond acceptors (Lipinski definition) is 5. The highest BCUT2D eigenvalue weighted by atomic mass is 32.2. The molecule has 7 heteroatoms. The van der Waals surface area contributed by atoms with Gasteiger partial charge in [0.2, 0.25) is 0 Å². The fraction of sp³-hybridized carbons (Fsp3) is 1.00. The maximum absolute atomic E-state index is 11.5. The van der Waals surface area contributed by atoms with Crippen LogP contribution in [-0.2, 0) is 19.7 Å². The molecule has 0 rings (SSSR count). The van der Waals surface area contributed by atoms with Crippen molar-refractivity contribution in [3.05, 3.63) is 0 Å². The topological polar surface area (TPSA) is 94.3 Å². The van der Waals surface area contributed by atoms with E-state index < -0.39 is 19.7 Å². The predicted octanol–water partition coefficient (Wildman–Crippen LogP) is -0.179. The van der Waals surface area contributed by atoms with Gasteiger partial charge in [-0.3, -0.25) is 0 Å². The third kappa shape index (κ3) is 7.19. The van der Waals surface area contributed by atoms with Gasteiger partial charge in [0, 0.05) is 5.75 Å². The summed E-state index contributed by atoms with van der Waals surface area (Å²) in [4.78, 5) is 0. The van der Waals surface area contributed by atoms with Crippen LogP contribution in [0.5, 0.6) is 0 Å². The summed E-state index contributed by atoms with van der Waals surface area (Å²) in [6.07, 6.45) is 0.515. The average Bonchev–Trinajstić information content (AvgIpc) is 2.14. The van der Waals surface area contributed by atoms with E-state index in [1.165, 1.54) is 0 Å². The first kappa shape index (κ1) is 15.9. The smallest absolute Gasteiger partial charge is 0.151 e. The normalized spacial score (nSPS) is 14.9. The largest absolute Gasteiger partial charge is 0.330 e. The van der Waals surface area contributed by atoms with Crippen LogP contribution in [0.4, 0.5) is 0 Å². The molecule has 2 N–H and O–H groups in total. The van der Waals surface area contributed by atoms with Crippen molar-refractivity contribution in [3.8, 4) is 0 Å². The number of hydrogen-bond donors (Lipinski definition) is 1. The Morgan fingerprint density at radius 2 is 1.50 bits per heavy atom. The van der Waals surface area contributed by atoms with E-state index in [4.69, 9.17) is 5.73 Å². The molecule has 0 aliphatic rings. The molecule has 5 nitrogen and oxygen atoms in total. The molecule has 0 bridgehead atoms. The summed E-state index contributed by atoms with van der Waals surface area (Å²) < 4.78 is 45.7. The highest BCUT2D eigenvalue weighted by Gasteiger charge is 2.19. The molecule has 98 valence electrons. The summed E-state index contributed by atoms with van der Waals surface area (Å²) >= 11 is 0. The summed E-state index contributed by atoms with van der Waals surface area (Å²) in [6, 6.07) is 0.